The first-order chi connectivity index (χ1) is 18.1. The van der Waals surface area contributed by atoms with Gasteiger partial charge in [-0.2, -0.15) is 10.4 Å². The number of nitriles is 1. The van der Waals surface area contributed by atoms with Crippen LogP contribution in [0.3, 0.4) is 0 Å². The highest BCUT2D eigenvalue weighted by molar-refractivity contribution is 5.80. The maximum absolute atomic E-state index is 13.0. The molecule has 3 heterocycles. The number of nitrogens with zero attached hydrogens (tertiary/aromatic N) is 7. The number of anilines is 3. The minimum atomic E-state index is -0.281. The molecule has 9 nitrogen and oxygen atoms in total. The van der Waals surface area contributed by atoms with Gasteiger partial charge in [0.05, 0.1) is 30.1 Å². The number of hydrogen-bond acceptors (Lipinski definition) is 8. The van der Waals surface area contributed by atoms with Gasteiger partial charge in [0.2, 0.25) is 5.95 Å². The average Bonchev–Trinajstić information content (AvgIpc) is 2.93. The summed E-state index contributed by atoms with van der Waals surface area (Å²) >= 11 is 0. The monoisotopic (exact) mass is 494 g/mol. The van der Waals surface area contributed by atoms with E-state index in [1.54, 1.807) is 6.20 Å². The van der Waals surface area contributed by atoms with Crippen molar-refractivity contribution in [3.8, 4) is 6.07 Å². The van der Waals surface area contributed by atoms with Gasteiger partial charge in [0.25, 0.3) is 5.56 Å². The average molecular weight is 495 g/mol. The van der Waals surface area contributed by atoms with Crippen molar-refractivity contribution in [3.63, 3.8) is 0 Å². The number of aromatic nitrogens is 4. The summed E-state index contributed by atoms with van der Waals surface area (Å²) in [6, 6.07) is 20.5. The molecule has 0 unspecified atom stereocenters. The zero-order valence-electron chi connectivity index (χ0n) is 21.0. The SMILES string of the molecule is CN1CCN(c2ccc(Nc3ncc4c(=O)n(CCC#N)nc(CCc5ccccc5)c4n3)cc2)CC1. The predicted octanol–water partition coefficient (Wildman–Crippen LogP) is 3.38. The lowest BCUT2D eigenvalue weighted by Gasteiger charge is -2.34. The molecule has 0 saturated carbocycles. The Bertz CT molecular complexity index is 1450. The van der Waals surface area contributed by atoms with Crippen LogP contribution in [0.5, 0.6) is 0 Å². The van der Waals surface area contributed by atoms with Crippen molar-refractivity contribution in [2.75, 3.05) is 43.4 Å². The zero-order chi connectivity index (χ0) is 25.6. The molecule has 1 aliphatic rings. The largest absolute Gasteiger partial charge is 0.369 e. The molecule has 2 aromatic carbocycles. The topological polar surface area (TPSA) is 103 Å². The second kappa shape index (κ2) is 11.2. The Kier molecular flexibility index (Phi) is 7.38. The Labute approximate surface area is 216 Å². The van der Waals surface area contributed by atoms with Gasteiger partial charge in [0, 0.05) is 43.8 Å². The highest BCUT2D eigenvalue weighted by Crippen LogP contribution is 2.22. The third-order valence-electron chi connectivity index (χ3n) is 6.69. The van der Waals surface area contributed by atoms with E-state index >= 15 is 0 Å². The van der Waals surface area contributed by atoms with Gasteiger partial charge in [-0.05, 0) is 49.7 Å². The van der Waals surface area contributed by atoms with Gasteiger partial charge in [-0.1, -0.05) is 30.3 Å². The summed E-state index contributed by atoms with van der Waals surface area (Å²) in [5.74, 6) is 0.414. The van der Waals surface area contributed by atoms with Crippen molar-refractivity contribution < 1.29 is 0 Å². The van der Waals surface area contributed by atoms with Crippen LogP contribution in [0.25, 0.3) is 10.9 Å². The molecule has 1 saturated heterocycles. The van der Waals surface area contributed by atoms with Crippen LogP contribution in [0.15, 0.2) is 65.6 Å². The maximum atomic E-state index is 13.0. The molecule has 9 heteroatoms. The number of hydrogen-bond donors (Lipinski definition) is 1. The first-order valence-electron chi connectivity index (χ1n) is 12.6. The number of likely N-dealkylation sites (N-methyl/N-ethyl adjacent to an activating group) is 1. The lowest BCUT2D eigenvalue weighted by Crippen LogP contribution is -2.44. The molecule has 2 aromatic heterocycles. The van der Waals surface area contributed by atoms with Crippen molar-refractivity contribution in [1.82, 2.24) is 24.6 Å². The van der Waals surface area contributed by atoms with Crippen LogP contribution in [-0.2, 0) is 19.4 Å². The van der Waals surface area contributed by atoms with E-state index < -0.39 is 0 Å². The molecular formula is C28H30N8O. The quantitative estimate of drug-likeness (QED) is 0.398. The molecule has 188 valence electrons. The minimum absolute atomic E-state index is 0.209. The van der Waals surface area contributed by atoms with E-state index in [1.165, 1.54) is 15.9 Å². The summed E-state index contributed by atoms with van der Waals surface area (Å²) in [5.41, 5.74) is 4.23. The number of fused-ring (bicyclic) bond motifs is 1. The van der Waals surface area contributed by atoms with Crippen molar-refractivity contribution in [2.24, 2.45) is 0 Å². The number of benzene rings is 2. The summed E-state index contributed by atoms with van der Waals surface area (Å²) in [5, 5.41) is 17.3. The Morgan fingerprint density at radius 3 is 2.49 bits per heavy atom. The molecule has 1 aliphatic heterocycles. The van der Waals surface area contributed by atoms with Crippen LogP contribution < -0.4 is 15.8 Å². The standard InChI is InChI=1S/C28H30N8O/c1-34-16-18-35(19-17-34)23-11-9-22(10-12-23)31-28-30-20-24-26(32-28)25(13-8-21-6-3-2-4-7-21)33-36(27(24)37)15-5-14-29/h2-4,6-7,9-12,20H,5,8,13,15-19H2,1H3,(H,30,31,32). The number of nitrogens with one attached hydrogen (secondary N) is 1. The minimum Gasteiger partial charge on any atom is -0.369 e. The Morgan fingerprint density at radius 1 is 1.00 bits per heavy atom. The van der Waals surface area contributed by atoms with E-state index in [0.717, 1.165) is 38.3 Å². The second-order valence-corrected chi connectivity index (χ2v) is 9.29. The lowest BCUT2D eigenvalue weighted by atomic mass is 10.1. The van der Waals surface area contributed by atoms with Gasteiger partial charge >= 0.3 is 0 Å². The molecule has 4 aromatic rings. The second-order valence-electron chi connectivity index (χ2n) is 9.29. The summed E-state index contributed by atoms with van der Waals surface area (Å²) in [4.78, 5) is 26.9. The molecule has 0 radical (unpaired) electrons. The van der Waals surface area contributed by atoms with Gasteiger partial charge in [0.1, 0.15) is 5.52 Å². The molecular weight excluding hydrogens is 464 g/mol. The molecule has 0 amide bonds. The third-order valence-corrected chi connectivity index (χ3v) is 6.69. The van der Waals surface area contributed by atoms with Crippen molar-refractivity contribution >= 4 is 28.2 Å². The molecule has 0 spiro atoms. The molecule has 0 bridgehead atoms. The third kappa shape index (κ3) is 5.76. The van der Waals surface area contributed by atoms with E-state index in [2.05, 4.69) is 62.6 Å². The van der Waals surface area contributed by atoms with Gasteiger partial charge in [-0.25, -0.2) is 14.6 Å². The zero-order valence-corrected chi connectivity index (χ0v) is 21.0. The number of aryl methyl sites for hydroxylation is 3. The van der Waals surface area contributed by atoms with Crippen molar-refractivity contribution in [3.05, 3.63) is 82.4 Å². The van der Waals surface area contributed by atoms with Gasteiger partial charge in [-0.15, -0.1) is 0 Å². The Morgan fingerprint density at radius 2 is 1.76 bits per heavy atom. The normalized spacial score (nSPS) is 14.0. The lowest BCUT2D eigenvalue weighted by molar-refractivity contribution is 0.313. The van der Waals surface area contributed by atoms with Crippen LogP contribution in [0.1, 0.15) is 17.7 Å². The maximum Gasteiger partial charge on any atom is 0.277 e. The first-order valence-corrected chi connectivity index (χ1v) is 12.6. The van der Waals surface area contributed by atoms with Crippen molar-refractivity contribution in [2.45, 2.75) is 25.8 Å². The van der Waals surface area contributed by atoms with E-state index in [9.17, 15) is 4.79 Å². The summed E-state index contributed by atoms with van der Waals surface area (Å²) < 4.78 is 1.36. The predicted molar refractivity (Wildman–Crippen MR) is 145 cm³/mol. The van der Waals surface area contributed by atoms with Gasteiger partial charge in [0.15, 0.2) is 0 Å². The molecule has 1 fully saturated rings. The molecule has 0 atom stereocenters. The number of piperazine rings is 1. The Balaban J connectivity index is 1.40. The highest BCUT2D eigenvalue weighted by Gasteiger charge is 2.16. The molecule has 37 heavy (non-hydrogen) atoms. The van der Waals surface area contributed by atoms with Crippen LogP contribution in [-0.4, -0.2) is 57.9 Å². The molecule has 5 rings (SSSR count). The number of rotatable bonds is 8. The Hall–Kier alpha value is -4.29. The van der Waals surface area contributed by atoms with E-state index in [0.29, 0.717) is 29.0 Å². The van der Waals surface area contributed by atoms with E-state index in [4.69, 9.17) is 10.2 Å². The van der Waals surface area contributed by atoms with Crippen LogP contribution in [0.4, 0.5) is 17.3 Å². The smallest absolute Gasteiger partial charge is 0.277 e. The molecule has 0 aliphatic carbocycles. The fourth-order valence-corrected chi connectivity index (χ4v) is 4.53. The van der Waals surface area contributed by atoms with E-state index in [1.807, 2.05) is 30.3 Å². The summed E-state index contributed by atoms with van der Waals surface area (Å²) in [7, 11) is 2.15. The van der Waals surface area contributed by atoms with Gasteiger partial charge < -0.3 is 15.1 Å². The highest BCUT2D eigenvalue weighted by atomic mass is 16.1. The van der Waals surface area contributed by atoms with Gasteiger partial charge in [-0.3, -0.25) is 4.79 Å². The first kappa shape index (κ1) is 24.4. The van der Waals surface area contributed by atoms with Crippen LogP contribution in [0, 0.1) is 11.3 Å². The summed E-state index contributed by atoms with van der Waals surface area (Å²) in [6.07, 6.45) is 3.15. The fourth-order valence-electron chi connectivity index (χ4n) is 4.53. The summed E-state index contributed by atoms with van der Waals surface area (Å²) in [6.45, 7) is 4.39. The van der Waals surface area contributed by atoms with Crippen LogP contribution >= 0.6 is 0 Å². The van der Waals surface area contributed by atoms with E-state index in [-0.39, 0.29) is 18.5 Å². The van der Waals surface area contributed by atoms with Crippen LogP contribution in [0.2, 0.25) is 0 Å². The van der Waals surface area contributed by atoms with Crippen molar-refractivity contribution in [1.29, 1.82) is 5.26 Å². The molecule has 1 N–H and O–H groups in total. The fraction of sp³-hybridized carbons (Fsp3) is 0.321.